The van der Waals surface area contributed by atoms with Crippen LogP contribution in [0, 0.1) is 11.8 Å². The first-order valence-corrected chi connectivity index (χ1v) is 11.0. The third kappa shape index (κ3) is 4.60. The maximum Gasteiger partial charge on any atom is 0.115 e. The van der Waals surface area contributed by atoms with E-state index in [1.54, 1.807) is 29.8 Å². The van der Waals surface area contributed by atoms with Gasteiger partial charge in [0.25, 0.3) is 0 Å². The number of hydrogen-bond donors (Lipinski definition) is 2. The summed E-state index contributed by atoms with van der Waals surface area (Å²) < 4.78 is 0. The Kier molecular flexibility index (Phi) is 6.04. The molecule has 0 unspecified atom stereocenters. The van der Waals surface area contributed by atoms with Crippen LogP contribution in [0.1, 0.15) is 75.3 Å². The van der Waals surface area contributed by atoms with Gasteiger partial charge in [0.05, 0.1) is 0 Å². The van der Waals surface area contributed by atoms with E-state index in [0.29, 0.717) is 11.5 Å². The quantitative estimate of drug-likeness (QED) is 0.566. The van der Waals surface area contributed by atoms with E-state index in [1.165, 1.54) is 80.9 Å². The second kappa shape index (κ2) is 8.86. The van der Waals surface area contributed by atoms with Crippen molar-refractivity contribution in [3.05, 3.63) is 65.2 Å². The highest BCUT2D eigenvalue weighted by molar-refractivity contribution is 5.82. The second-order valence-electron chi connectivity index (χ2n) is 8.78. The topological polar surface area (TPSA) is 40.5 Å². The lowest BCUT2D eigenvalue weighted by Crippen LogP contribution is -2.05. The van der Waals surface area contributed by atoms with Crippen LogP contribution in [-0.4, -0.2) is 10.2 Å². The van der Waals surface area contributed by atoms with Gasteiger partial charge in [0.15, 0.2) is 0 Å². The van der Waals surface area contributed by atoms with Gasteiger partial charge in [-0.2, -0.15) is 0 Å². The highest BCUT2D eigenvalue weighted by Crippen LogP contribution is 2.41. The molecule has 0 saturated heterocycles. The number of rotatable bonds is 6. The van der Waals surface area contributed by atoms with Crippen LogP contribution in [0.3, 0.4) is 0 Å². The minimum Gasteiger partial charge on any atom is -0.508 e. The first-order valence-electron chi connectivity index (χ1n) is 11.0. The molecular formula is C26H32O2. The lowest BCUT2D eigenvalue weighted by Gasteiger charge is -2.22. The monoisotopic (exact) mass is 376 g/mol. The fourth-order valence-corrected chi connectivity index (χ4v) is 5.24. The van der Waals surface area contributed by atoms with E-state index < -0.39 is 0 Å². The molecule has 28 heavy (non-hydrogen) atoms. The van der Waals surface area contributed by atoms with Crippen LogP contribution in [0.4, 0.5) is 0 Å². The van der Waals surface area contributed by atoms with Gasteiger partial charge in [0.1, 0.15) is 11.5 Å². The van der Waals surface area contributed by atoms with Crippen LogP contribution in [0.5, 0.6) is 11.5 Å². The summed E-state index contributed by atoms with van der Waals surface area (Å²) in [5, 5.41) is 19.6. The minimum absolute atomic E-state index is 0.307. The van der Waals surface area contributed by atoms with Crippen LogP contribution in [-0.2, 0) is 0 Å². The van der Waals surface area contributed by atoms with Crippen molar-refractivity contribution in [1.29, 1.82) is 0 Å². The van der Waals surface area contributed by atoms with Crippen LogP contribution in [0.2, 0.25) is 0 Å². The first-order chi connectivity index (χ1) is 13.7. The summed E-state index contributed by atoms with van der Waals surface area (Å²) >= 11 is 0. The fourth-order valence-electron chi connectivity index (χ4n) is 5.24. The summed E-state index contributed by atoms with van der Waals surface area (Å²) in [5.74, 6) is 2.23. The Hall–Kier alpha value is -2.22. The number of phenolic OH excluding ortho intramolecular Hbond substituents is 2. The van der Waals surface area contributed by atoms with Crippen molar-refractivity contribution in [1.82, 2.24) is 0 Å². The maximum atomic E-state index is 9.79. The molecule has 0 amide bonds. The zero-order valence-corrected chi connectivity index (χ0v) is 16.7. The first kappa shape index (κ1) is 19.1. The Labute approximate surface area is 168 Å². The molecule has 2 heteroatoms. The zero-order valence-electron chi connectivity index (χ0n) is 16.7. The fraction of sp³-hybridized carbons (Fsp3) is 0.462. The third-order valence-electron chi connectivity index (χ3n) is 6.69. The molecule has 0 heterocycles. The highest BCUT2D eigenvalue weighted by Gasteiger charge is 2.24. The summed E-state index contributed by atoms with van der Waals surface area (Å²) in [6.07, 6.45) is 13.3. The van der Waals surface area contributed by atoms with Crippen molar-refractivity contribution < 1.29 is 10.2 Å². The average molecular weight is 377 g/mol. The molecule has 2 aliphatic carbocycles. The molecule has 2 saturated carbocycles. The van der Waals surface area contributed by atoms with Gasteiger partial charge in [-0.05, 0) is 65.6 Å². The lowest BCUT2D eigenvalue weighted by molar-refractivity contribution is 0.475. The Morgan fingerprint density at radius 1 is 0.607 bits per heavy atom. The molecule has 0 spiro atoms. The molecule has 0 aliphatic heterocycles. The second-order valence-corrected chi connectivity index (χ2v) is 8.78. The van der Waals surface area contributed by atoms with Gasteiger partial charge in [-0.3, -0.25) is 0 Å². The molecule has 0 aromatic heterocycles. The van der Waals surface area contributed by atoms with E-state index in [1.807, 2.05) is 24.3 Å². The summed E-state index contributed by atoms with van der Waals surface area (Å²) in [4.78, 5) is 0. The van der Waals surface area contributed by atoms with Crippen molar-refractivity contribution in [3.63, 3.8) is 0 Å². The van der Waals surface area contributed by atoms with Crippen molar-refractivity contribution in [2.45, 2.75) is 64.2 Å². The smallest absolute Gasteiger partial charge is 0.115 e. The molecule has 0 atom stereocenters. The number of phenols is 2. The van der Waals surface area contributed by atoms with Crippen molar-refractivity contribution in [2.75, 3.05) is 0 Å². The molecule has 4 rings (SSSR count). The molecule has 0 bridgehead atoms. The number of benzene rings is 2. The molecule has 2 aliphatic rings. The normalized spacial score (nSPS) is 17.9. The number of allylic oxidation sites excluding steroid dienone is 1. The Morgan fingerprint density at radius 2 is 0.964 bits per heavy atom. The lowest BCUT2D eigenvalue weighted by atomic mass is 9.83. The summed E-state index contributed by atoms with van der Waals surface area (Å²) in [6.45, 7) is 0. The minimum atomic E-state index is 0.307. The van der Waals surface area contributed by atoms with Gasteiger partial charge in [-0.1, -0.05) is 81.2 Å². The summed E-state index contributed by atoms with van der Waals surface area (Å²) in [5.41, 5.74) is 5.25. The molecule has 2 fully saturated rings. The van der Waals surface area contributed by atoms with Crippen molar-refractivity contribution in [2.24, 2.45) is 11.8 Å². The van der Waals surface area contributed by atoms with Crippen molar-refractivity contribution in [3.8, 4) is 11.5 Å². The maximum absolute atomic E-state index is 9.79. The van der Waals surface area contributed by atoms with Gasteiger partial charge in [0.2, 0.25) is 0 Å². The van der Waals surface area contributed by atoms with Gasteiger partial charge >= 0.3 is 0 Å². The average Bonchev–Trinajstić information content (AvgIpc) is 3.39. The van der Waals surface area contributed by atoms with E-state index in [2.05, 4.69) is 0 Å². The number of hydrogen-bond acceptors (Lipinski definition) is 2. The van der Waals surface area contributed by atoms with Gasteiger partial charge in [0, 0.05) is 0 Å². The molecule has 2 aromatic carbocycles. The van der Waals surface area contributed by atoms with Crippen LogP contribution < -0.4 is 0 Å². The third-order valence-corrected chi connectivity index (χ3v) is 6.69. The Balaban J connectivity index is 1.78. The van der Waals surface area contributed by atoms with Gasteiger partial charge in [-0.25, -0.2) is 0 Å². The van der Waals surface area contributed by atoms with Gasteiger partial charge < -0.3 is 10.2 Å². The van der Waals surface area contributed by atoms with E-state index in [-0.39, 0.29) is 0 Å². The molecule has 2 aromatic rings. The van der Waals surface area contributed by atoms with Gasteiger partial charge in [-0.15, -0.1) is 0 Å². The number of aromatic hydroxyl groups is 2. The molecule has 2 nitrogen and oxygen atoms in total. The zero-order chi connectivity index (χ0) is 19.3. The highest BCUT2D eigenvalue weighted by atomic mass is 16.3. The van der Waals surface area contributed by atoms with Crippen LogP contribution in [0.15, 0.2) is 54.1 Å². The molecular weight excluding hydrogens is 344 g/mol. The standard InChI is InChI=1S/C26H32O2/c27-24-13-9-21(10-14-24)26(22-11-15-25(28)16-12-22)23(17-19-5-1-2-6-19)18-20-7-3-4-8-20/h9-16,19-20,27-28H,1-8,17-18H2. The van der Waals surface area contributed by atoms with E-state index in [0.717, 1.165) is 11.8 Å². The van der Waals surface area contributed by atoms with Crippen molar-refractivity contribution >= 4 is 5.57 Å². The summed E-state index contributed by atoms with van der Waals surface area (Å²) in [7, 11) is 0. The molecule has 148 valence electrons. The molecule has 0 radical (unpaired) electrons. The van der Waals surface area contributed by atoms with Crippen LogP contribution >= 0.6 is 0 Å². The van der Waals surface area contributed by atoms with E-state index in [4.69, 9.17) is 0 Å². The molecule has 2 N–H and O–H groups in total. The predicted molar refractivity (Wildman–Crippen MR) is 115 cm³/mol. The largest absolute Gasteiger partial charge is 0.508 e. The SMILES string of the molecule is Oc1ccc(C(=C(CC2CCCC2)CC2CCCC2)c2ccc(O)cc2)cc1. The van der Waals surface area contributed by atoms with Crippen LogP contribution in [0.25, 0.3) is 5.57 Å². The summed E-state index contributed by atoms with van der Waals surface area (Å²) in [6, 6.07) is 15.3. The Morgan fingerprint density at radius 3 is 1.32 bits per heavy atom. The predicted octanol–water partition coefficient (Wildman–Crippen LogP) is 7.06. The Bertz CT molecular complexity index is 722. The van der Waals surface area contributed by atoms with E-state index in [9.17, 15) is 10.2 Å². The van der Waals surface area contributed by atoms with E-state index >= 15 is 0 Å².